The minimum absolute atomic E-state index is 0.0623. The minimum Gasteiger partial charge on any atom is -0.454 e. The highest BCUT2D eigenvalue weighted by molar-refractivity contribution is 7.89. The molecule has 0 spiro atoms. The van der Waals surface area contributed by atoms with E-state index in [0.717, 1.165) is 0 Å². The van der Waals surface area contributed by atoms with Crippen molar-refractivity contribution in [2.75, 3.05) is 18.4 Å². The lowest BCUT2D eigenvalue weighted by atomic mass is 10.2. The average Bonchev–Trinajstić information content (AvgIpc) is 2.76. The molecule has 2 aromatic carbocycles. The van der Waals surface area contributed by atoms with Gasteiger partial charge in [-0.1, -0.05) is 12.1 Å². The Labute approximate surface area is 157 Å². The molecule has 1 fully saturated rings. The predicted molar refractivity (Wildman–Crippen MR) is 99.7 cm³/mol. The summed E-state index contributed by atoms with van der Waals surface area (Å²) >= 11 is 0. The van der Waals surface area contributed by atoms with Gasteiger partial charge in [-0.25, -0.2) is 8.42 Å². The normalized spacial score (nSPS) is 22.8. The van der Waals surface area contributed by atoms with Crippen molar-refractivity contribution >= 4 is 21.6 Å². The van der Waals surface area contributed by atoms with Crippen LogP contribution in [0, 0.1) is 0 Å². The van der Waals surface area contributed by atoms with Crippen LogP contribution in [-0.4, -0.2) is 43.9 Å². The van der Waals surface area contributed by atoms with E-state index < -0.39 is 15.9 Å². The number of rotatable bonds is 2. The first-order valence-corrected chi connectivity index (χ1v) is 10.2. The Hall–Kier alpha value is -2.42. The summed E-state index contributed by atoms with van der Waals surface area (Å²) in [4.78, 5) is 12.7. The highest BCUT2D eigenvalue weighted by atomic mass is 32.2. The van der Waals surface area contributed by atoms with Gasteiger partial charge in [-0.3, -0.25) is 4.79 Å². The van der Waals surface area contributed by atoms with E-state index in [9.17, 15) is 13.2 Å². The maximum atomic E-state index is 13.1. The van der Waals surface area contributed by atoms with Gasteiger partial charge in [0, 0.05) is 13.1 Å². The molecule has 4 rings (SSSR count). The van der Waals surface area contributed by atoms with E-state index in [2.05, 4.69) is 5.32 Å². The number of ether oxygens (including phenoxy) is 2. The van der Waals surface area contributed by atoms with E-state index >= 15 is 0 Å². The molecule has 1 N–H and O–H groups in total. The van der Waals surface area contributed by atoms with Gasteiger partial charge in [-0.05, 0) is 44.2 Å². The smallest absolute Gasteiger partial charge is 0.259 e. The van der Waals surface area contributed by atoms with Crippen LogP contribution in [0.1, 0.15) is 24.2 Å². The number of hydrogen-bond acceptors (Lipinski definition) is 5. The highest BCUT2D eigenvalue weighted by Gasteiger charge is 2.33. The zero-order valence-corrected chi connectivity index (χ0v) is 15.8. The summed E-state index contributed by atoms with van der Waals surface area (Å²) in [6.07, 6.45) is -0.379. The SMILES string of the molecule is C[C@@H]1CN(S(=O)(=O)c2ccc3c(c2)C(=O)Nc2ccccc2O3)C[C@H](C)O1. The number of anilines is 1. The number of carbonyl (C=O) groups is 1. The van der Waals surface area contributed by atoms with Crippen LogP contribution in [0.3, 0.4) is 0 Å². The average molecular weight is 388 g/mol. The maximum absolute atomic E-state index is 13.1. The lowest BCUT2D eigenvalue weighted by Crippen LogP contribution is -2.48. The summed E-state index contributed by atoms with van der Waals surface area (Å²) in [6, 6.07) is 11.4. The fraction of sp³-hybridized carbons (Fsp3) is 0.316. The number of nitrogens with one attached hydrogen (secondary N) is 1. The summed E-state index contributed by atoms with van der Waals surface area (Å²) in [5.74, 6) is 0.423. The van der Waals surface area contributed by atoms with Crippen LogP contribution in [0.25, 0.3) is 0 Å². The minimum atomic E-state index is -3.75. The largest absolute Gasteiger partial charge is 0.454 e. The number of fused-ring (bicyclic) bond motifs is 2. The van der Waals surface area contributed by atoms with Crippen molar-refractivity contribution in [1.82, 2.24) is 4.31 Å². The predicted octanol–water partition coefficient (Wildman–Crippen LogP) is 2.84. The molecule has 2 aromatic rings. The quantitative estimate of drug-likeness (QED) is 0.855. The fourth-order valence-corrected chi connectivity index (χ4v) is 5.00. The molecule has 1 amide bonds. The van der Waals surface area contributed by atoms with Crippen molar-refractivity contribution < 1.29 is 22.7 Å². The molecule has 2 atom stereocenters. The molecule has 0 unspecified atom stereocenters. The van der Waals surface area contributed by atoms with E-state index in [1.54, 1.807) is 24.3 Å². The lowest BCUT2D eigenvalue weighted by Gasteiger charge is -2.34. The second kappa shape index (κ2) is 6.63. The maximum Gasteiger partial charge on any atom is 0.259 e. The Morgan fingerprint density at radius 3 is 2.48 bits per heavy atom. The van der Waals surface area contributed by atoms with Crippen LogP contribution in [0.2, 0.25) is 0 Å². The molecule has 0 bridgehead atoms. The fourth-order valence-electron chi connectivity index (χ4n) is 3.38. The third kappa shape index (κ3) is 3.31. The van der Waals surface area contributed by atoms with Crippen LogP contribution in [0.5, 0.6) is 11.5 Å². The van der Waals surface area contributed by atoms with Gasteiger partial charge in [0.1, 0.15) is 5.75 Å². The van der Waals surface area contributed by atoms with Gasteiger partial charge in [0.2, 0.25) is 10.0 Å². The van der Waals surface area contributed by atoms with Gasteiger partial charge < -0.3 is 14.8 Å². The topological polar surface area (TPSA) is 84.9 Å². The molecule has 0 aromatic heterocycles. The van der Waals surface area contributed by atoms with Gasteiger partial charge in [0.05, 0.1) is 28.4 Å². The molecule has 8 heteroatoms. The van der Waals surface area contributed by atoms with E-state index in [4.69, 9.17) is 9.47 Å². The Kier molecular flexibility index (Phi) is 4.41. The molecule has 0 radical (unpaired) electrons. The molecule has 1 saturated heterocycles. The number of benzene rings is 2. The third-order valence-corrected chi connectivity index (χ3v) is 6.40. The summed E-state index contributed by atoms with van der Waals surface area (Å²) < 4.78 is 39.0. The number of para-hydroxylation sites is 2. The van der Waals surface area contributed by atoms with Gasteiger partial charge in [0.15, 0.2) is 5.75 Å². The first-order valence-electron chi connectivity index (χ1n) is 8.72. The van der Waals surface area contributed by atoms with Crippen LogP contribution >= 0.6 is 0 Å². The van der Waals surface area contributed by atoms with E-state index in [-0.39, 0.29) is 35.8 Å². The first kappa shape index (κ1) is 18.0. The zero-order valence-electron chi connectivity index (χ0n) is 15.0. The number of nitrogens with zero attached hydrogens (tertiary/aromatic N) is 1. The highest BCUT2D eigenvalue weighted by Crippen LogP contribution is 2.36. The van der Waals surface area contributed by atoms with Crippen LogP contribution in [0.4, 0.5) is 5.69 Å². The molecule has 2 aliphatic rings. The van der Waals surface area contributed by atoms with E-state index in [0.29, 0.717) is 17.2 Å². The Bertz CT molecular complexity index is 995. The molecule has 0 aliphatic carbocycles. The molecular formula is C19H20N2O5S. The van der Waals surface area contributed by atoms with Crippen LogP contribution in [0.15, 0.2) is 47.4 Å². The standard InChI is InChI=1S/C19H20N2O5S/c1-12-10-21(11-13(2)25-12)27(23,24)14-7-8-17-15(9-14)19(22)20-16-5-3-4-6-18(16)26-17/h3-9,12-13H,10-11H2,1-2H3,(H,20,22)/t12-,13+. The second-order valence-electron chi connectivity index (χ2n) is 6.79. The summed E-state index contributed by atoms with van der Waals surface area (Å²) in [7, 11) is -3.75. The number of morpholine rings is 1. The lowest BCUT2D eigenvalue weighted by molar-refractivity contribution is -0.0440. The van der Waals surface area contributed by atoms with Gasteiger partial charge in [-0.15, -0.1) is 0 Å². The van der Waals surface area contributed by atoms with Gasteiger partial charge in [0.25, 0.3) is 5.91 Å². The van der Waals surface area contributed by atoms with Crippen molar-refractivity contribution in [1.29, 1.82) is 0 Å². The van der Waals surface area contributed by atoms with Gasteiger partial charge >= 0.3 is 0 Å². The summed E-state index contributed by atoms with van der Waals surface area (Å²) in [5, 5.41) is 2.76. The number of sulfonamides is 1. The summed E-state index contributed by atoms with van der Waals surface area (Å²) in [6.45, 7) is 4.23. The second-order valence-corrected chi connectivity index (χ2v) is 8.73. The monoisotopic (exact) mass is 388 g/mol. The number of amides is 1. The van der Waals surface area contributed by atoms with E-state index in [1.807, 2.05) is 13.8 Å². The van der Waals surface area contributed by atoms with Gasteiger partial charge in [-0.2, -0.15) is 4.31 Å². The molecule has 27 heavy (non-hydrogen) atoms. The van der Waals surface area contributed by atoms with Crippen LogP contribution in [-0.2, 0) is 14.8 Å². The number of carbonyl (C=O) groups excluding carboxylic acids is 1. The molecule has 2 heterocycles. The van der Waals surface area contributed by atoms with Crippen molar-refractivity contribution in [2.45, 2.75) is 31.0 Å². The van der Waals surface area contributed by atoms with Crippen molar-refractivity contribution in [3.8, 4) is 11.5 Å². The Morgan fingerprint density at radius 2 is 1.74 bits per heavy atom. The first-order chi connectivity index (χ1) is 12.8. The Morgan fingerprint density at radius 1 is 1.04 bits per heavy atom. The van der Waals surface area contributed by atoms with Crippen molar-refractivity contribution in [3.63, 3.8) is 0 Å². The summed E-state index contributed by atoms with van der Waals surface area (Å²) in [5.41, 5.74) is 0.723. The third-order valence-electron chi connectivity index (χ3n) is 4.57. The zero-order chi connectivity index (χ0) is 19.2. The van der Waals surface area contributed by atoms with E-state index in [1.165, 1.54) is 22.5 Å². The molecule has 142 valence electrons. The Balaban J connectivity index is 1.71. The van der Waals surface area contributed by atoms with Crippen molar-refractivity contribution in [3.05, 3.63) is 48.0 Å². The molecule has 7 nitrogen and oxygen atoms in total. The van der Waals surface area contributed by atoms with Crippen LogP contribution < -0.4 is 10.1 Å². The van der Waals surface area contributed by atoms with Crippen molar-refractivity contribution in [2.24, 2.45) is 0 Å². The molecule has 0 saturated carbocycles. The number of hydrogen-bond donors (Lipinski definition) is 1. The molecular weight excluding hydrogens is 368 g/mol. The molecule has 2 aliphatic heterocycles.